The van der Waals surface area contributed by atoms with Crippen molar-refractivity contribution >= 4 is 0 Å². The van der Waals surface area contributed by atoms with Crippen LogP contribution in [0.1, 0.15) is 43.6 Å². The third-order valence-electron chi connectivity index (χ3n) is 6.49. The van der Waals surface area contributed by atoms with Crippen LogP contribution < -0.4 is 5.32 Å². The Labute approximate surface area is 167 Å². The largest absolute Gasteiger partial charge is 0.389 e. The first-order valence-corrected chi connectivity index (χ1v) is 10.7. The molecule has 1 saturated carbocycles. The van der Waals surface area contributed by atoms with Crippen molar-refractivity contribution in [2.24, 2.45) is 0 Å². The maximum atomic E-state index is 13.6. The van der Waals surface area contributed by atoms with E-state index in [-0.39, 0.29) is 11.7 Å². The number of aliphatic hydroxyl groups is 1. The first kappa shape index (κ1) is 19.6. The molecule has 28 heavy (non-hydrogen) atoms. The van der Waals surface area contributed by atoms with Crippen LogP contribution in [-0.2, 0) is 0 Å². The second-order valence-electron chi connectivity index (χ2n) is 8.40. The van der Waals surface area contributed by atoms with Gasteiger partial charge in [0.25, 0.3) is 0 Å². The summed E-state index contributed by atoms with van der Waals surface area (Å²) < 4.78 is 13.6. The molecule has 1 unspecified atom stereocenters. The minimum absolute atomic E-state index is 0.118. The SMILES string of the molecule is OC1(C(CN2CCNCC2)c2ccc(-c3cccc(F)c3)cc2)CCCCC1. The molecule has 1 aliphatic heterocycles. The summed E-state index contributed by atoms with van der Waals surface area (Å²) in [4.78, 5) is 2.48. The average Bonchev–Trinajstić information content (AvgIpc) is 2.73. The van der Waals surface area contributed by atoms with Gasteiger partial charge in [-0.1, -0.05) is 55.7 Å². The molecule has 0 radical (unpaired) electrons. The Morgan fingerprint density at radius 3 is 2.36 bits per heavy atom. The minimum atomic E-state index is -0.622. The maximum absolute atomic E-state index is 13.6. The lowest BCUT2D eigenvalue weighted by Crippen LogP contribution is -2.49. The topological polar surface area (TPSA) is 35.5 Å². The highest BCUT2D eigenvalue weighted by atomic mass is 19.1. The second kappa shape index (κ2) is 8.73. The molecule has 150 valence electrons. The molecule has 0 amide bonds. The summed E-state index contributed by atoms with van der Waals surface area (Å²) in [6.07, 6.45) is 5.21. The Morgan fingerprint density at radius 2 is 1.68 bits per heavy atom. The fourth-order valence-electron chi connectivity index (χ4n) is 4.83. The van der Waals surface area contributed by atoms with E-state index in [1.807, 2.05) is 6.07 Å². The molecule has 2 N–H and O–H groups in total. The van der Waals surface area contributed by atoms with Gasteiger partial charge in [0.2, 0.25) is 0 Å². The monoisotopic (exact) mass is 382 g/mol. The third-order valence-corrected chi connectivity index (χ3v) is 6.49. The molecular weight excluding hydrogens is 351 g/mol. The molecule has 2 aliphatic rings. The predicted molar refractivity (Wildman–Crippen MR) is 112 cm³/mol. The van der Waals surface area contributed by atoms with Crippen LogP contribution in [-0.4, -0.2) is 48.3 Å². The van der Waals surface area contributed by atoms with E-state index in [9.17, 15) is 9.50 Å². The summed E-state index contributed by atoms with van der Waals surface area (Å²) in [5, 5.41) is 15.0. The van der Waals surface area contributed by atoms with E-state index in [0.29, 0.717) is 0 Å². The van der Waals surface area contributed by atoms with E-state index in [1.165, 1.54) is 18.1 Å². The van der Waals surface area contributed by atoms with Crippen LogP contribution in [0.25, 0.3) is 11.1 Å². The first-order chi connectivity index (χ1) is 13.6. The highest BCUT2D eigenvalue weighted by molar-refractivity contribution is 5.63. The quantitative estimate of drug-likeness (QED) is 0.814. The zero-order valence-electron chi connectivity index (χ0n) is 16.5. The van der Waals surface area contributed by atoms with Gasteiger partial charge in [0.15, 0.2) is 0 Å². The van der Waals surface area contributed by atoms with Crippen molar-refractivity contribution in [3.8, 4) is 11.1 Å². The molecule has 0 spiro atoms. The molecule has 4 rings (SSSR count). The summed E-state index contributed by atoms with van der Waals surface area (Å²) in [6, 6.07) is 15.1. The van der Waals surface area contributed by atoms with Crippen LogP contribution in [0.3, 0.4) is 0 Å². The Morgan fingerprint density at radius 1 is 0.964 bits per heavy atom. The standard InChI is InChI=1S/C24H31FN2O/c25-22-6-4-5-21(17-22)19-7-9-20(10-8-19)23(18-27-15-13-26-14-16-27)24(28)11-2-1-3-12-24/h4-10,17,23,26,28H,1-3,11-16,18H2. The van der Waals surface area contributed by atoms with E-state index in [0.717, 1.165) is 69.5 Å². The third kappa shape index (κ3) is 4.45. The number of nitrogens with one attached hydrogen (secondary N) is 1. The molecular formula is C24H31FN2O. The van der Waals surface area contributed by atoms with Gasteiger partial charge in [0.05, 0.1) is 5.60 Å². The van der Waals surface area contributed by atoms with E-state index < -0.39 is 5.60 Å². The van der Waals surface area contributed by atoms with Gasteiger partial charge in [-0.25, -0.2) is 4.39 Å². The summed E-state index contributed by atoms with van der Waals surface area (Å²) in [7, 11) is 0. The van der Waals surface area contributed by atoms with Crippen molar-refractivity contribution in [3.63, 3.8) is 0 Å². The van der Waals surface area contributed by atoms with Crippen LogP contribution in [0, 0.1) is 5.82 Å². The van der Waals surface area contributed by atoms with Crippen LogP contribution in [0.15, 0.2) is 48.5 Å². The van der Waals surface area contributed by atoms with Gasteiger partial charge >= 0.3 is 0 Å². The molecule has 4 heteroatoms. The molecule has 2 aromatic carbocycles. The fraction of sp³-hybridized carbons (Fsp3) is 0.500. The zero-order valence-corrected chi connectivity index (χ0v) is 16.5. The zero-order chi connectivity index (χ0) is 19.4. The lowest BCUT2D eigenvalue weighted by Gasteiger charge is -2.42. The average molecular weight is 383 g/mol. The van der Waals surface area contributed by atoms with Crippen LogP contribution in [0.2, 0.25) is 0 Å². The second-order valence-corrected chi connectivity index (χ2v) is 8.40. The summed E-state index contributed by atoms with van der Waals surface area (Å²) in [5.41, 5.74) is 2.48. The van der Waals surface area contributed by atoms with Crippen LogP contribution in [0.4, 0.5) is 4.39 Å². The van der Waals surface area contributed by atoms with Gasteiger partial charge in [-0.2, -0.15) is 0 Å². The van der Waals surface area contributed by atoms with Crippen molar-refractivity contribution in [3.05, 3.63) is 59.9 Å². The number of nitrogens with zero attached hydrogens (tertiary/aromatic N) is 1. The number of hydrogen-bond donors (Lipinski definition) is 2. The normalized spacial score (nSPS) is 21.4. The minimum Gasteiger partial charge on any atom is -0.389 e. The molecule has 1 saturated heterocycles. The molecule has 1 heterocycles. The summed E-state index contributed by atoms with van der Waals surface area (Å²) >= 11 is 0. The molecule has 0 aromatic heterocycles. The van der Waals surface area contributed by atoms with Crippen molar-refractivity contribution in [1.82, 2.24) is 10.2 Å². The maximum Gasteiger partial charge on any atom is 0.123 e. The lowest BCUT2D eigenvalue weighted by atomic mass is 9.72. The number of piperazine rings is 1. The molecule has 2 fully saturated rings. The van der Waals surface area contributed by atoms with Gasteiger partial charge in [0, 0.05) is 38.6 Å². The van der Waals surface area contributed by atoms with Crippen molar-refractivity contribution in [2.45, 2.75) is 43.6 Å². The highest BCUT2D eigenvalue weighted by Gasteiger charge is 2.39. The summed E-state index contributed by atoms with van der Waals surface area (Å²) in [5.74, 6) is -0.0952. The Kier molecular flexibility index (Phi) is 6.10. The number of hydrogen-bond acceptors (Lipinski definition) is 3. The number of rotatable bonds is 5. The van der Waals surface area contributed by atoms with Gasteiger partial charge < -0.3 is 15.3 Å². The first-order valence-electron chi connectivity index (χ1n) is 10.7. The Bertz CT molecular complexity index is 764. The molecule has 3 nitrogen and oxygen atoms in total. The van der Waals surface area contributed by atoms with E-state index in [4.69, 9.17) is 0 Å². The molecule has 1 atom stereocenters. The van der Waals surface area contributed by atoms with Crippen LogP contribution in [0.5, 0.6) is 0 Å². The predicted octanol–water partition coefficient (Wildman–Crippen LogP) is 4.18. The van der Waals surface area contributed by atoms with Gasteiger partial charge in [-0.3, -0.25) is 0 Å². The van der Waals surface area contributed by atoms with Gasteiger partial charge in [0.1, 0.15) is 5.82 Å². The van der Waals surface area contributed by atoms with Crippen molar-refractivity contribution in [2.75, 3.05) is 32.7 Å². The smallest absolute Gasteiger partial charge is 0.123 e. The summed E-state index contributed by atoms with van der Waals surface area (Å²) in [6.45, 7) is 5.01. The van der Waals surface area contributed by atoms with E-state index >= 15 is 0 Å². The Hall–Kier alpha value is -1.75. The fourth-order valence-corrected chi connectivity index (χ4v) is 4.83. The molecule has 0 bridgehead atoms. The lowest BCUT2D eigenvalue weighted by molar-refractivity contribution is -0.0316. The number of benzene rings is 2. The molecule has 1 aliphatic carbocycles. The van der Waals surface area contributed by atoms with Crippen LogP contribution >= 0.6 is 0 Å². The highest BCUT2D eigenvalue weighted by Crippen LogP contribution is 2.41. The molecule has 2 aromatic rings. The van der Waals surface area contributed by atoms with Crippen molar-refractivity contribution in [1.29, 1.82) is 0 Å². The van der Waals surface area contributed by atoms with Crippen molar-refractivity contribution < 1.29 is 9.50 Å². The van der Waals surface area contributed by atoms with E-state index in [2.05, 4.69) is 34.5 Å². The number of halogens is 1. The Balaban J connectivity index is 1.59. The van der Waals surface area contributed by atoms with Gasteiger partial charge in [-0.15, -0.1) is 0 Å². The van der Waals surface area contributed by atoms with Gasteiger partial charge in [-0.05, 0) is 41.7 Å². The van der Waals surface area contributed by atoms with E-state index in [1.54, 1.807) is 12.1 Å².